The Kier molecular flexibility index (Phi) is 3.93. The van der Waals surface area contributed by atoms with E-state index in [4.69, 9.17) is 5.11 Å². The van der Waals surface area contributed by atoms with Crippen LogP contribution >= 0.6 is 0 Å². The second-order valence-electron chi connectivity index (χ2n) is 5.68. The van der Waals surface area contributed by atoms with Crippen LogP contribution in [0.25, 0.3) is 5.69 Å². The Morgan fingerprint density at radius 2 is 1.80 bits per heavy atom. The van der Waals surface area contributed by atoms with Crippen molar-refractivity contribution in [2.75, 3.05) is 0 Å². The smallest absolute Gasteiger partial charge is 0.356 e. The fourth-order valence-corrected chi connectivity index (χ4v) is 2.38. The summed E-state index contributed by atoms with van der Waals surface area (Å²) in [7, 11) is 0. The third-order valence-electron chi connectivity index (χ3n) is 3.07. The lowest BCUT2D eigenvalue weighted by molar-refractivity contribution is 0.0690. The van der Waals surface area contributed by atoms with Crippen molar-refractivity contribution >= 4 is 5.97 Å². The third-order valence-corrected chi connectivity index (χ3v) is 3.07. The van der Waals surface area contributed by atoms with Crippen molar-refractivity contribution in [2.24, 2.45) is 5.92 Å². The number of aromatic carboxylic acids is 1. The minimum Gasteiger partial charge on any atom is -0.476 e. The Morgan fingerprint density at radius 1 is 1.20 bits per heavy atom. The monoisotopic (exact) mass is 272 g/mol. The molecule has 1 aromatic heterocycles. The molecule has 0 radical (unpaired) electrons. The van der Waals surface area contributed by atoms with Crippen LogP contribution in [0.15, 0.2) is 24.3 Å². The Hall–Kier alpha value is -2.10. The van der Waals surface area contributed by atoms with Gasteiger partial charge in [0.05, 0.1) is 5.69 Å². The zero-order chi connectivity index (χ0) is 14.9. The van der Waals surface area contributed by atoms with Crippen LogP contribution in [0, 0.1) is 19.8 Å². The van der Waals surface area contributed by atoms with Gasteiger partial charge in [-0.25, -0.2) is 9.48 Å². The Balaban J connectivity index is 2.55. The largest absolute Gasteiger partial charge is 0.476 e. The molecule has 0 saturated heterocycles. The van der Waals surface area contributed by atoms with Crippen LogP contribution in [0.4, 0.5) is 0 Å². The number of carboxylic acids is 1. The van der Waals surface area contributed by atoms with Gasteiger partial charge in [-0.2, -0.15) is 5.10 Å². The first-order chi connectivity index (χ1) is 9.36. The second-order valence-corrected chi connectivity index (χ2v) is 5.68. The third kappa shape index (κ3) is 3.07. The van der Waals surface area contributed by atoms with Crippen LogP contribution in [0.1, 0.15) is 41.2 Å². The number of nitrogens with zero attached hydrogens (tertiary/aromatic N) is 2. The fourth-order valence-electron chi connectivity index (χ4n) is 2.38. The Labute approximate surface area is 119 Å². The van der Waals surface area contributed by atoms with Gasteiger partial charge >= 0.3 is 5.97 Å². The summed E-state index contributed by atoms with van der Waals surface area (Å²) in [5.74, 6) is -0.545. The number of benzene rings is 1. The fraction of sp³-hybridized carbons (Fsp3) is 0.375. The van der Waals surface area contributed by atoms with Gasteiger partial charge in [-0.15, -0.1) is 0 Å². The molecule has 4 heteroatoms. The summed E-state index contributed by atoms with van der Waals surface area (Å²) in [5, 5.41) is 13.4. The molecule has 0 aliphatic carbocycles. The van der Waals surface area contributed by atoms with Gasteiger partial charge in [0.2, 0.25) is 0 Å². The SMILES string of the molecule is Cc1cc(C)cc(-n2nc(C(=O)O)cc2CC(C)C)c1. The summed E-state index contributed by atoms with van der Waals surface area (Å²) < 4.78 is 1.75. The predicted octanol–water partition coefficient (Wildman–Crippen LogP) is 3.39. The van der Waals surface area contributed by atoms with Gasteiger partial charge < -0.3 is 5.11 Å². The number of aromatic nitrogens is 2. The van der Waals surface area contributed by atoms with E-state index in [1.165, 1.54) is 0 Å². The van der Waals surface area contributed by atoms with Crippen LogP contribution < -0.4 is 0 Å². The van der Waals surface area contributed by atoms with Crippen molar-refractivity contribution in [1.29, 1.82) is 0 Å². The maximum absolute atomic E-state index is 11.1. The molecule has 0 aliphatic rings. The number of rotatable bonds is 4. The molecule has 1 heterocycles. The molecule has 0 amide bonds. The van der Waals surface area contributed by atoms with Crippen LogP contribution in [0.3, 0.4) is 0 Å². The van der Waals surface area contributed by atoms with Gasteiger partial charge in [0.15, 0.2) is 5.69 Å². The predicted molar refractivity (Wildman–Crippen MR) is 78.5 cm³/mol. The maximum Gasteiger partial charge on any atom is 0.356 e. The summed E-state index contributed by atoms with van der Waals surface area (Å²) in [5.41, 5.74) is 4.23. The summed E-state index contributed by atoms with van der Waals surface area (Å²) in [6, 6.07) is 7.80. The molecule has 106 valence electrons. The Bertz CT molecular complexity index is 622. The average molecular weight is 272 g/mol. The quantitative estimate of drug-likeness (QED) is 0.928. The van der Waals surface area contributed by atoms with Gasteiger partial charge in [-0.1, -0.05) is 19.9 Å². The molecule has 2 aromatic rings. The molecule has 2 rings (SSSR count). The number of aryl methyl sites for hydroxylation is 2. The molecule has 1 N–H and O–H groups in total. The first kappa shape index (κ1) is 14.3. The maximum atomic E-state index is 11.1. The average Bonchev–Trinajstić information content (AvgIpc) is 2.70. The molecule has 0 bridgehead atoms. The molecular formula is C16H20N2O2. The van der Waals surface area contributed by atoms with Crippen LogP contribution in [0.5, 0.6) is 0 Å². The number of hydrogen-bond donors (Lipinski definition) is 1. The summed E-state index contributed by atoms with van der Waals surface area (Å²) in [4.78, 5) is 11.1. The van der Waals surface area contributed by atoms with Crippen LogP contribution in [-0.4, -0.2) is 20.9 Å². The lowest BCUT2D eigenvalue weighted by Gasteiger charge is -2.11. The zero-order valence-corrected chi connectivity index (χ0v) is 12.3. The molecule has 0 saturated carbocycles. The minimum absolute atomic E-state index is 0.0970. The van der Waals surface area contributed by atoms with Gasteiger partial charge in [-0.3, -0.25) is 0 Å². The molecule has 0 atom stereocenters. The first-order valence-corrected chi connectivity index (χ1v) is 6.77. The highest BCUT2D eigenvalue weighted by molar-refractivity contribution is 5.85. The van der Waals surface area contributed by atoms with E-state index in [-0.39, 0.29) is 5.69 Å². The second kappa shape index (κ2) is 5.49. The van der Waals surface area contributed by atoms with Gasteiger partial charge in [0.1, 0.15) is 0 Å². The molecule has 1 aromatic carbocycles. The van der Waals surface area contributed by atoms with E-state index < -0.39 is 5.97 Å². The highest BCUT2D eigenvalue weighted by atomic mass is 16.4. The van der Waals surface area contributed by atoms with E-state index in [9.17, 15) is 4.79 Å². The van der Waals surface area contributed by atoms with Crippen molar-refractivity contribution in [3.63, 3.8) is 0 Å². The van der Waals surface area contributed by atoms with E-state index in [1.807, 2.05) is 26.0 Å². The minimum atomic E-state index is -0.988. The van der Waals surface area contributed by atoms with E-state index >= 15 is 0 Å². The summed E-state index contributed by atoms with van der Waals surface area (Å²) in [6.45, 7) is 8.28. The lowest BCUT2D eigenvalue weighted by Crippen LogP contribution is -2.06. The summed E-state index contributed by atoms with van der Waals surface area (Å²) >= 11 is 0. The van der Waals surface area contributed by atoms with Crippen molar-refractivity contribution in [2.45, 2.75) is 34.1 Å². The molecule has 0 spiro atoms. The van der Waals surface area contributed by atoms with Gasteiger partial charge in [0.25, 0.3) is 0 Å². The molecule has 20 heavy (non-hydrogen) atoms. The van der Waals surface area contributed by atoms with E-state index in [0.717, 1.165) is 28.9 Å². The van der Waals surface area contributed by atoms with Crippen LogP contribution in [-0.2, 0) is 6.42 Å². The van der Waals surface area contributed by atoms with Crippen molar-refractivity contribution < 1.29 is 9.90 Å². The lowest BCUT2D eigenvalue weighted by atomic mass is 10.1. The van der Waals surface area contributed by atoms with Crippen molar-refractivity contribution in [3.05, 3.63) is 46.8 Å². The molecule has 0 aliphatic heterocycles. The summed E-state index contributed by atoms with van der Waals surface area (Å²) in [6.07, 6.45) is 0.799. The highest BCUT2D eigenvalue weighted by Crippen LogP contribution is 2.19. The van der Waals surface area contributed by atoms with Gasteiger partial charge in [0, 0.05) is 5.69 Å². The standard InChI is InChI=1S/C16H20N2O2/c1-10(2)5-13-9-15(16(19)20)17-18(13)14-7-11(3)6-12(4)8-14/h6-10H,5H2,1-4H3,(H,19,20). The molecule has 0 fully saturated rings. The van der Waals surface area contributed by atoms with E-state index in [1.54, 1.807) is 10.7 Å². The Morgan fingerprint density at radius 3 is 2.30 bits per heavy atom. The highest BCUT2D eigenvalue weighted by Gasteiger charge is 2.15. The van der Waals surface area contributed by atoms with E-state index in [0.29, 0.717) is 5.92 Å². The number of carbonyl (C=O) groups is 1. The van der Waals surface area contributed by atoms with Crippen molar-refractivity contribution in [3.8, 4) is 5.69 Å². The normalized spacial score (nSPS) is 11.1. The first-order valence-electron chi connectivity index (χ1n) is 6.77. The van der Waals surface area contributed by atoms with Crippen molar-refractivity contribution in [1.82, 2.24) is 9.78 Å². The molecule has 0 unspecified atom stereocenters. The number of hydrogen-bond acceptors (Lipinski definition) is 2. The topological polar surface area (TPSA) is 55.1 Å². The zero-order valence-electron chi connectivity index (χ0n) is 12.3. The van der Waals surface area contributed by atoms with Gasteiger partial charge in [-0.05, 0) is 55.5 Å². The van der Waals surface area contributed by atoms with Crippen LogP contribution in [0.2, 0.25) is 0 Å². The molecule has 4 nitrogen and oxygen atoms in total. The number of carboxylic acid groups (broad SMARTS) is 1. The molecular weight excluding hydrogens is 252 g/mol. The van der Waals surface area contributed by atoms with E-state index in [2.05, 4.69) is 25.0 Å².